The number of carbonyl (C=O) groups is 2. The molecule has 0 radical (unpaired) electrons. The number of thioether (sulfide) groups is 1. The molecule has 6 nitrogen and oxygen atoms in total. The highest BCUT2D eigenvalue weighted by Crippen LogP contribution is 2.32. The van der Waals surface area contributed by atoms with E-state index in [1.165, 1.54) is 40.1 Å². The average molecular weight is 423 g/mol. The van der Waals surface area contributed by atoms with Crippen LogP contribution in [0.2, 0.25) is 0 Å². The van der Waals surface area contributed by atoms with E-state index in [-0.39, 0.29) is 24.1 Å². The van der Waals surface area contributed by atoms with Crippen LogP contribution in [0, 0.1) is 12.7 Å². The summed E-state index contributed by atoms with van der Waals surface area (Å²) in [6.45, 7) is 2.16. The van der Waals surface area contributed by atoms with E-state index in [0.29, 0.717) is 27.3 Å². The topological polar surface area (TPSA) is 75.2 Å². The van der Waals surface area contributed by atoms with Gasteiger partial charge in [-0.1, -0.05) is 47.4 Å². The van der Waals surface area contributed by atoms with E-state index in [2.05, 4.69) is 15.5 Å². The Labute approximate surface area is 168 Å². The summed E-state index contributed by atoms with van der Waals surface area (Å²) >= 11 is 7.78. The van der Waals surface area contributed by atoms with Crippen LogP contribution in [0.4, 0.5) is 9.52 Å². The minimum Gasteiger partial charge on any atom is -0.301 e. The molecular weight excluding hydrogens is 407 g/mol. The van der Waals surface area contributed by atoms with E-state index in [1.807, 2.05) is 6.92 Å². The molecule has 1 saturated heterocycles. The molecular formula is C17H15FN4O2S3. The Bertz CT molecular complexity index is 911. The van der Waals surface area contributed by atoms with Gasteiger partial charge in [-0.2, -0.15) is 0 Å². The van der Waals surface area contributed by atoms with Gasteiger partial charge in [0.15, 0.2) is 0 Å². The lowest BCUT2D eigenvalue weighted by Crippen LogP contribution is -2.29. The number of thiocarbonyl (C=S) groups is 1. The number of aromatic nitrogens is 2. The molecule has 2 amide bonds. The van der Waals surface area contributed by atoms with Gasteiger partial charge < -0.3 is 5.32 Å². The number of hydrogen-bond donors (Lipinski definition) is 1. The highest BCUT2D eigenvalue weighted by atomic mass is 32.2. The Morgan fingerprint density at radius 2 is 2.07 bits per heavy atom. The number of nitrogens with zero attached hydrogens (tertiary/aromatic N) is 3. The van der Waals surface area contributed by atoms with Gasteiger partial charge in [0.05, 0.1) is 4.91 Å². The maximum absolute atomic E-state index is 13.0. The van der Waals surface area contributed by atoms with Crippen molar-refractivity contribution in [1.82, 2.24) is 15.1 Å². The fraction of sp³-hybridized carbons (Fsp3) is 0.235. The van der Waals surface area contributed by atoms with E-state index in [1.54, 1.807) is 18.2 Å². The summed E-state index contributed by atoms with van der Waals surface area (Å²) in [6.07, 6.45) is 2.40. The largest absolute Gasteiger partial charge is 0.301 e. The monoisotopic (exact) mass is 422 g/mol. The van der Waals surface area contributed by atoms with Crippen LogP contribution in [0.15, 0.2) is 29.2 Å². The van der Waals surface area contributed by atoms with Crippen molar-refractivity contribution in [2.45, 2.75) is 19.8 Å². The minimum atomic E-state index is -0.332. The van der Waals surface area contributed by atoms with Gasteiger partial charge >= 0.3 is 0 Å². The van der Waals surface area contributed by atoms with Crippen LogP contribution < -0.4 is 5.32 Å². The lowest BCUT2D eigenvalue weighted by molar-refractivity contribution is -0.122. The summed E-state index contributed by atoms with van der Waals surface area (Å²) in [5.41, 5.74) is 0.726. The molecule has 1 aromatic heterocycles. The number of halogens is 1. The number of hydrogen-bond acceptors (Lipinski definition) is 7. The van der Waals surface area contributed by atoms with E-state index in [9.17, 15) is 14.0 Å². The highest BCUT2D eigenvalue weighted by Gasteiger charge is 2.31. The molecule has 1 fully saturated rings. The second-order valence-electron chi connectivity index (χ2n) is 5.66. The standard InChI is InChI=1S/C17H15FN4O2S3/c1-10-20-21-16(26-10)19-14(23)3-2-8-22-15(24)13(27-17(22)25)9-11-4-6-12(18)7-5-11/h4-7,9H,2-3,8H2,1H3,(H,19,21,23). The van der Waals surface area contributed by atoms with Gasteiger partial charge in [-0.15, -0.1) is 10.2 Å². The summed E-state index contributed by atoms with van der Waals surface area (Å²) in [7, 11) is 0. The number of anilines is 1. The Balaban J connectivity index is 1.53. The first-order valence-corrected chi connectivity index (χ1v) is 10.1. The first-order chi connectivity index (χ1) is 12.9. The molecule has 1 aromatic carbocycles. The number of carbonyl (C=O) groups excluding carboxylic acids is 2. The molecule has 10 heteroatoms. The average Bonchev–Trinajstić information content (AvgIpc) is 3.14. The zero-order chi connectivity index (χ0) is 19.4. The molecule has 1 N–H and O–H groups in total. The van der Waals surface area contributed by atoms with Crippen LogP contribution >= 0.6 is 35.3 Å². The predicted octanol–water partition coefficient (Wildman–Crippen LogP) is 3.61. The van der Waals surface area contributed by atoms with Crippen molar-refractivity contribution >= 4 is 62.7 Å². The smallest absolute Gasteiger partial charge is 0.266 e. The molecule has 0 unspecified atom stereocenters. The van der Waals surface area contributed by atoms with Gasteiger partial charge in [-0.05, 0) is 37.1 Å². The zero-order valence-corrected chi connectivity index (χ0v) is 16.7. The SMILES string of the molecule is Cc1nnc(NC(=O)CCCN2C(=O)C(=Cc3ccc(F)cc3)SC2=S)s1. The van der Waals surface area contributed by atoms with Crippen molar-refractivity contribution in [2.75, 3.05) is 11.9 Å². The van der Waals surface area contributed by atoms with Gasteiger partial charge in [0.25, 0.3) is 5.91 Å². The van der Waals surface area contributed by atoms with Crippen molar-refractivity contribution in [3.05, 3.63) is 45.6 Å². The molecule has 1 aliphatic rings. The Hall–Kier alpha value is -2.17. The lowest BCUT2D eigenvalue weighted by atomic mass is 10.2. The van der Waals surface area contributed by atoms with Crippen molar-refractivity contribution in [3.63, 3.8) is 0 Å². The molecule has 2 heterocycles. The van der Waals surface area contributed by atoms with Crippen LogP contribution in [0.5, 0.6) is 0 Å². The Morgan fingerprint density at radius 1 is 1.33 bits per heavy atom. The molecule has 3 rings (SSSR count). The summed E-state index contributed by atoms with van der Waals surface area (Å²) in [5, 5.41) is 11.6. The van der Waals surface area contributed by atoms with Crippen LogP contribution in [0.25, 0.3) is 6.08 Å². The van der Waals surface area contributed by atoms with E-state index < -0.39 is 0 Å². The molecule has 0 aliphatic carbocycles. The fourth-order valence-corrected chi connectivity index (χ4v) is 4.25. The minimum absolute atomic E-state index is 0.182. The molecule has 0 bridgehead atoms. The molecule has 0 atom stereocenters. The summed E-state index contributed by atoms with van der Waals surface area (Å²) in [4.78, 5) is 26.4. The zero-order valence-electron chi connectivity index (χ0n) is 14.3. The lowest BCUT2D eigenvalue weighted by Gasteiger charge is -2.13. The summed E-state index contributed by atoms with van der Waals surface area (Å²) < 4.78 is 13.4. The number of benzene rings is 1. The van der Waals surface area contributed by atoms with Crippen LogP contribution in [-0.2, 0) is 9.59 Å². The van der Waals surface area contributed by atoms with E-state index in [0.717, 1.165) is 10.6 Å². The molecule has 2 aromatic rings. The molecule has 1 aliphatic heterocycles. The summed E-state index contributed by atoms with van der Waals surface area (Å²) in [5.74, 6) is -0.713. The highest BCUT2D eigenvalue weighted by molar-refractivity contribution is 8.26. The second kappa shape index (κ2) is 8.68. The third kappa shape index (κ3) is 5.18. The van der Waals surface area contributed by atoms with E-state index in [4.69, 9.17) is 12.2 Å². The van der Waals surface area contributed by atoms with Crippen molar-refractivity contribution < 1.29 is 14.0 Å². The van der Waals surface area contributed by atoms with Crippen molar-refractivity contribution in [3.8, 4) is 0 Å². The maximum Gasteiger partial charge on any atom is 0.266 e. The van der Waals surface area contributed by atoms with E-state index >= 15 is 0 Å². The van der Waals surface area contributed by atoms with Gasteiger partial charge in [0.2, 0.25) is 11.0 Å². The Morgan fingerprint density at radius 3 is 2.74 bits per heavy atom. The fourth-order valence-electron chi connectivity index (χ4n) is 2.33. The van der Waals surface area contributed by atoms with Gasteiger partial charge in [-0.25, -0.2) is 4.39 Å². The predicted molar refractivity (Wildman–Crippen MR) is 109 cm³/mol. The summed E-state index contributed by atoms with van der Waals surface area (Å²) in [6, 6.07) is 5.87. The van der Waals surface area contributed by atoms with Gasteiger partial charge in [-0.3, -0.25) is 14.5 Å². The third-order valence-electron chi connectivity index (χ3n) is 3.60. The van der Waals surface area contributed by atoms with Gasteiger partial charge in [0, 0.05) is 13.0 Å². The molecule has 0 spiro atoms. The van der Waals surface area contributed by atoms with Crippen molar-refractivity contribution in [1.29, 1.82) is 0 Å². The number of aryl methyl sites for hydroxylation is 1. The first kappa shape index (κ1) is 19.6. The van der Waals surface area contributed by atoms with Gasteiger partial charge in [0.1, 0.15) is 15.1 Å². The van der Waals surface area contributed by atoms with Crippen molar-refractivity contribution in [2.24, 2.45) is 0 Å². The van der Waals surface area contributed by atoms with Crippen LogP contribution in [-0.4, -0.2) is 37.8 Å². The Kier molecular flexibility index (Phi) is 6.30. The number of rotatable bonds is 6. The second-order valence-corrected chi connectivity index (χ2v) is 8.52. The first-order valence-electron chi connectivity index (χ1n) is 8.03. The molecule has 140 valence electrons. The number of amides is 2. The molecule has 0 saturated carbocycles. The van der Waals surface area contributed by atoms with Crippen LogP contribution in [0.3, 0.4) is 0 Å². The molecule has 27 heavy (non-hydrogen) atoms. The third-order valence-corrected chi connectivity index (χ3v) is 5.73. The maximum atomic E-state index is 13.0. The normalized spacial score (nSPS) is 15.6. The quantitative estimate of drug-likeness (QED) is 0.566. The van der Waals surface area contributed by atoms with Crippen LogP contribution in [0.1, 0.15) is 23.4 Å². The number of nitrogens with one attached hydrogen (secondary N) is 1.